The average molecular weight is 389 g/mol. The number of hydrogen-bond acceptors (Lipinski definition) is 7. The topological polar surface area (TPSA) is 105 Å². The van der Waals surface area contributed by atoms with Gasteiger partial charge in [-0.15, -0.1) is 0 Å². The Morgan fingerprint density at radius 3 is 2.66 bits per heavy atom. The highest BCUT2D eigenvalue weighted by molar-refractivity contribution is 5.95. The van der Waals surface area contributed by atoms with Crippen LogP contribution >= 0.6 is 0 Å². The number of nitrogens with zero attached hydrogens (tertiary/aromatic N) is 4. The van der Waals surface area contributed by atoms with E-state index in [0.29, 0.717) is 17.3 Å². The van der Waals surface area contributed by atoms with Gasteiger partial charge in [-0.3, -0.25) is 9.78 Å². The zero-order chi connectivity index (χ0) is 20.1. The second-order valence-electron chi connectivity index (χ2n) is 6.98. The summed E-state index contributed by atoms with van der Waals surface area (Å²) < 4.78 is 0. The minimum atomic E-state index is -0.0806. The van der Waals surface area contributed by atoms with Crippen LogP contribution in [0.25, 0.3) is 11.4 Å². The molecule has 3 aromatic heterocycles. The second kappa shape index (κ2) is 8.64. The predicted octanol–water partition coefficient (Wildman–Crippen LogP) is 2.74. The number of rotatable bonds is 6. The van der Waals surface area contributed by atoms with Crippen LogP contribution in [0, 0.1) is 0 Å². The Morgan fingerprint density at radius 2 is 1.83 bits per heavy atom. The number of anilines is 2. The number of nitrogens with one attached hydrogen (secondary N) is 3. The molecule has 4 rings (SSSR count). The van der Waals surface area contributed by atoms with Gasteiger partial charge in [-0.25, -0.2) is 15.0 Å². The summed E-state index contributed by atoms with van der Waals surface area (Å²) in [6.07, 6.45) is 7.79. The highest BCUT2D eigenvalue weighted by Gasteiger charge is 2.26. The minimum Gasteiger partial charge on any atom is -0.373 e. The molecule has 0 bridgehead atoms. The zero-order valence-corrected chi connectivity index (χ0v) is 16.2. The molecule has 1 aliphatic rings. The van der Waals surface area contributed by atoms with Gasteiger partial charge in [-0.1, -0.05) is 6.07 Å². The van der Waals surface area contributed by atoms with Crippen molar-refractivity contribution in [1.82, 2.24) is 25.3 Å². The first-order valence-corrected chi connectivity index (χ1v) is 9.67. The van der Waals surface area contributed by atoms with E-state index in [9.17, 15) is 4.79 Å². The van der Waals surface area contributed by atoms with Crippen molar-refractivity contribution >= 4 is 17.7 Å². The Bertz CT molecular complexity index is 980. The normalized spacial score (nSPS) is 18.2. The molecule has 0 unspecified atom stereocenters. The van der Waals surface area contributed by atoms with E-state index in [1.165, 1.54) is 0 Å². The maximum atomic E-state index is 12.5. The van der Waals surface area contributed by atoms with Crippen molar-refractivity contribution < 1.29 is 4.79 Å². The first-order valence-electron chi connectivity index (χ1n) is 9.67. The van der Waals surface area contributed by atoms with Gasteiger partial charge in [0.05, 0.1) is 11.4 Å². The van der Waals surface area contributed by atoms with Crippen molar-refractivity contribution in [3.05, 3.63) is 60.6 Å². The number of amides is 1. The number of aromatic nitrogens is 4. The fourth-order valence-electron chi connectivity index (χ4n) is 3.49. The van der Waals surface area contributed by atoms with Gasteiger partial charge in [-0.05, 0) is 49.6 Å². The lowest BCUT2D eigenvalue weighted by molar-refractivity contribution is 0.0937. The van der Waals surface area contributed by atoms with Crippen molar-refractivity contribution in [2.75, 3.05) is 17.7 Å². The summed E-state index contributed by atoms with van der Waals surface area (Å²) in [5.41, 5.74) is 2.20. The van der Waals surface area contributed by atoms with E-state index in [2.05, 4.69) is 35.9 Å². The highest BCUT2D eigenvalue weighted by Crippen LogP contribution is 2.23. The largest absolute Gasteiger partial charge is 0.373 e. The molecule has 3 N–H and O–H groups in total. The fraction of sp³-hybridized carbons (Fsp3) is 0.286. The van der Waals surface area contributed by atoms with Crippen LogP contribution in [0.5, 0.6) is 0 Å². The Labute approximate surface area is 169 Å². The number of carbonyl (C=O) groups excluding carboxylic acids is 1. The van der Waals surface area contributed by atoms with Gasteiger partial charge in [0.25, 0.3) is 5.91 Å². The van der Waals surface area contributed by atoms with E-state index in [1.54, 1.807) is 37.8 Å². The van der Waals surface area contributed by atoms with E-state index < -0.39 is 0 Å². The zero-order valence-electron chi connectivity index (χ0n) is 16.2. The standard InChI is InChI=1S/C21H23N7O/c1-22-19-12-14(7-10-24-19)20(29)26-15-5-6-16(13-15)27-21-25-11-8-18(28-21)17-4-2-3-9-23-17/h2-4,7-12,15-16H,5-6,13H2,1H3,(H,22,24)(H,26,29)(H,25,27,28)/t15-,16-/m0/s1. The number of hydrogen-bond donors (Lipinski definition) is 3. The third-order valence-electron chi connectivity index (χ3n) is 4.96. The first-order chi connectivity index (χ1) is 14.2. The van der Waals surface area contributed by atoms with Gasteiger partial charge in [0.15, 0.2) is 0 Å². The van der Waals surface area contributed by atoms with Gasteiger partial charge in [0.2, 0.25) is 5.95 Å². The van der Waals surface area contributed by atoms with Crippen molar-refractivity contribution in [1.29, 1.82) is 0 Å². The van der Waals surface area contributed by atoms with Crippen LogP contribution in [0.15, 0.2) is 55.0 Å². The summed E-state index contributed by atoms with van der Waals surface area (Å²) >= 11 is 0. The van der Waals surface area contributed by atoms with Crippen molar-refractivity contribution in [3.63, 3.8) is 0 Å². The molecule has 0 radical (unpaired) electrons. The van der Waals surface area contributed by atoms with E-state index in [0.717, 1.165) is 30.7 Å². The molecule has 1 amide bonds. The van der Waals surface area contributed by atoms with Gasteiger partial charge in [0.1, 0.15) is 5.82 Å². The summed E-state index contributed by atoms with van der Waals surface area (Å²) in [5.74, 6) is 1.18. The smallest absolute Gasteiger partial charge is 0.251 e. The van der Waals surface area contributed by atoms with Crippen molar-refractivity contribution in [3.8, 4) is 11.4 Å². The molecule has 148 valence electrons. The van der Waals surface area contributed by atoms with Gasteiger partial charge in [0, 0.05) is 43.3 Å². The molecule has 8 nitrogen and oxygen atoms in total. The molecule has 1 saturated carbocycles. The van der Waals surface area contributed by atoms with Crippen LogP contribution in [0.4, 0.5) is 11.8 Å². The van der Waals surface area contributed by atoms with E-state index in [4.69, 9.17) is 0 Å². The van der Waals surface area contributed by atoms with Crippen molar-refractivity contribution in [2.24, 2.45) is 0 Å². The molecule has 0 saturated heterocycles. The Morgan fingerprint density at radius 1 is 0.966 bits per heavy atom. The van der Waals surface area contributed by atoms with Gasteiger partial charge < -0.3 is 16.0 Å². The highest BCUT2D eigenvalue weighted by atomic mass is 16.1. The molecule has 0 spiro atoms. The maximum Gasteiger partial charge on any atom is 0.251 e. The first kappa shape index (κ1) is 18.8. The lowest BCUT2D eigenvalue weighted by atomic mass is 10.2. The predicted molar refractivity (Wildman–Crippen MR) is 112 cm³/mol. The van der Waals surface area contributed by atoms with Crippen LogP contribution in [0.2, 0.25) is 0 Å². The molecule has 2 atom stereocenters. The van der Waals surface area contributed by atoms with Crippen LogP contribution in [-0.2, 0) is 0 Å². The van der Waals surface area contributed by atoms with Crippen LogP contribution in [-0.4, -0.2) is 45.0 Å². The SMILES string of the molecule is CNc1cc(C(=O)N[C@H]2CC[C@H](Nc3nccc(-c4ccccn4)n3)C2)ccn1. The fourth-order valence-corrected chi connectivity index (χ4v) is 3.49. The van der Waals surface area contributed by atoms with Crippen LogP contribution < -0.4 is 16.0 Å². The lowest BCUT2D eigenvalue weighted by Gasteiger charge is -2.15. The minimum absolute atomic E-state index is 0.0806. The van der Waals surface area contributed by atoms with Gasteiger partial charge >= 0.3 is 0 Å². The molecule has 1 aliphatic carbocycles. The third kappa shape index (κ3) is 4.66. The number of pyridine rings is 2. The molecular formula is C21H23N7O. The van der Waals surface area contributed by atoms with Crippen LogP contribution in [0.1, 0.15) is 29.6 Å². The maximum absolute atomic E-state index is 12.5. The molecule has 29 heavy (non-hydrogen) atoms. The molecule has 3 aromatic rings. The molecule has 0 aromatic carbocycles. The Kier molecular flexibility index (Phi) is 5.60. The number of carbonyl (C=O) groups is 1. The van der Waals surface area contributed by atoms with E-state index >= 15 is 0 Å². The molecule has 8 heteroatoms. The van der Waals surface area contributed by atoms with Crippen molar-refractivity contribution in [2.45, 2.75) is 31.3 Å². The Balaban J connectivity index is 1.35. The van der Waals surface area contributed by atoms with E-state index in [1.807, 2.05) is 24.3 Å². The quantitative estimate of drug-likeness (QED) is 0.595. The molecule has 0 aliphatic heterocycles. The average Bonchev–Trinajstić information content (AvgIpc) is 3.21. The molecule has 3 heterocycles. The lowest BCUT2D eigenvalue weighted by Crippen LogP contribution is -2.34. The summed E-state index contributed by atoms with van der Waals surface area (Å²) in [6.45, 7) is 0. The molecule has 1 fully saturated rings. The van der Waals surface area contributed by atoms with E-state index in [-0.39, 0.29) is 18.0 Å². The monoisotopic (exact) mass is 389 g/mol. The third-order valence-corrected chi connectivity index (χ3v) is 4.96. The summed E-state index contributed by atoms with van der Waals surface area (Å²) in [4.78, 5) is 29.9. The molecular weight excluding hydrogens is 366 g/mol. The Hall–Kier alpha value is -3.55. The van der Waals surface area contributed by atoms with Crippen LogP contribution in [0.3, 0.4) is 0 Å². The van der Waals surface area contributed by atoms with Gasteiger partial charge in [-0.2, -0.15) is 0 Å². The summed E-state index contributed by atoms with van der Waals surface area (Å²) in [6, 6.07) is 11.4. The second-order valence-corrected chi connectivity index (χ2v) is 6.98. The summed E-state index contributed by atoms with van der Waals surface area (Å²) in [5, 5.41) is 9.45. The summed E-state index contributed by atoms with van der Waals surface area (Å²) in [7, 11) is 1.78.